The van der Waals surface area contributed by atoms with Crippen LogP contribution in [0.1, 0.15) is 78.7 Å². The van der Waals surface area contributed by atoms with Crippen LogP contribution in [0.5, 0.6) is 5.75 Å². The Hall–Kier alpha value is -0.995. The Kier molecular flexibility index (Phi) is 4.87. The van der Waals surface area contributed by atoms with Crippen molar-refractivity contribution in [1.82, 2.24) is 0 Å². The molecule has 3 nitrogen and oxygen atoms in total. The molecule has 1 saturated carbocycles. The van der Waals surface area contributed by atoms with E-state index in [0.29, 0.717) is 12.0 Å². The van der Waals surface area contributed by atoms with Crippen LogP contribution in [0.15, 0.2) is 24.3 Å². The highest BCUT2D eigenvalue weighted by atomic mass is 16.7. The third-order valence-corrected chi connectivity index (χ3v) is 7.56. The molecule has 4 heteroatoms. The summed E-state index contributed by atoms with van der Waals surface area (Å²) in [6.07, 6.45) is 8.93. The first-order chi connectivity index (χ1) is 12.7. The second kappa shape index (κ2) is 6.81. The Bertz CT molecular complexity index is 664. The summed E-state index contributed by atoms with van der Waals surface area (Å²) < 4.78 is 19.3. The van der Waals surface area contributed by atoms with Crippen LogP contribution in [0.3, 0.4) is 0 Å². The molecule has 148 valence electrons. The molecule has 4 rings (SSSR count). The van der Waals surface area contributed by atoms with E-state index in [9.17, 15) is 0 Å². The predicted octanol–water partition coefficient (Wildman–Crippen LogP) is 5.77. The van der Waals surface area contributed by atoms with Gasteiger partial charge in [-0.3, -0.25) is 0 Å². The van der Waals surface area contributed by atoms with E-state index in [1.54, 1.807) is 0 Å². The van der Waals surface area contributed by atoms with Crippen molar-refractivity contribution in [1.29, 1.82) is 0 Å². The van der Waals surface area contributed by atoms with Gasteiger partial charge in [0.2, 0.25) is 0 Å². The van der Waals surface area contributed by atoms with Gasteiger partial charge in [-0.25, -0.2) is 0 Å². The third-order valence-electron chi connectivity index (χ3n) is 7.56. The van der Waals surface area contributed by atoms with Gasteiger partial charge in [0.15, 0.2) is 0 Å². The second-order valence-electron chi connectivity index (χ2n) is 10.2. The van der Waals surface area contributed by atoms with E-state index < -0.39 is 0 Å². The number of rotatable bonds is 3. The summed E-state index contributed by atoms with van der Waals surface area (Å²) in [6, 6.07) is 8.60. The van der Waals surface area contributed by atoms with Gasteiger partial charge < -0.3 is 14.0 Å². The normalized spacial score (nSPS) is 32.8. The Morgan fingerprint density at radius 2 is 1.56 bits per heavy atom. The average Bonchev–Trinajstić information content (AvgIpc) is 2.81. The van der Waals surface area contributed by atoms with Crippen molar-refractivity contribution in [3.05, 3.63) is 29.8 Å². The first kappa shape index (κ1) is 19.3. The van der Waals surface area contributed by atoms with Gasteiger partial charge in [-0.05, 0) is 76.2 Å². The monoisotopic (exact) mass is 370 g/mol. The minimum atomic E-state index is -0.276. The number of benzene rings is 1. The number of hydrogen-bond acceptors (Lipinski definition) is 3. The Morgan fingerprint density at radius 1 is 0.926 bits per heavy atom. The minimum Gasteiger partial charge on any atom is -0.490 e. The lowest BCUT2D eigenvalue weighted by atomic mass is 9.61. The first-order valence-electron chi connectivity index (χ1n) is 10.8. The van der Waals surface area contributed by atoms with Crippen LogP contribution in [0.2, 0.25) is 6.32 Å². The molecular weight excluding hydrogens is 335 g/mol. The summed E-state index contributed by atoms with van der Waals surface area (Å²) in [5.41, 5.74) is 0.771. The molecule has 27 heavy (non-hydrogen) atoms. The first-order valence-corrected chi connectivity index (χ1v) is 10.8. The molecule has 0 unspecified atom stereocenters. The van der Waals surface area contributed by atoms with Crippen molar-refractivity contribution in [2.45, 2.75) is 102 Å². The van der Waals surface area contributed by atoms with Crippen molar-refractivity contribution >= 4 is 7.12 Å². The van der Waals surface area contributed by atoms with Crippen LogP contribution in [0.4, 0.5) is 0 Å². The van der Waals surface area contributed by atoms with Gasteiger partial charge in [0.25, 0.3) is 0 Å². The van der Waals surface area contributed by atoms with Crippen LogP contribution in [-0.2, 0) is 14.7 Å². The van der Waals surface area contributed by atoms with Crippen molar-refractivity contribution in [2.75, 3.05) is 0 Å². The van der Waals surface area contributed by atoms with Gasteiger partial charge >= 0.3 is 7.12 Å². The smallest absolute Gasteiger partial charge is 0.458 e. The van der Waals surface area contributed by atoms with Gasteiger partial charge in [0, 0.05) is 0 Å². The highest BCUT2D eigenvalue weighted by Crippen LogP contribution is 2.49. The molecule has 2 aliphatic heterocycles. The summed E-state index contributed by atoms with van der Waals surface area (Å²) in [7, 11) is -0.168. The zero-order valence-corrected chi connectivity index (χ0v) is 17.7. The molecule has 0 spiro atoms. The third kappa shape index (κ3) is 3.56. The van der Waals surface area contributed by atoms with Crippen molar-refractivity contribution in [3.8, 4) is 5.75 Å². The van der Waals surface area contributed by atoms with Crippen LogP contribution in [-0.4, -0.2) is 24.4 Å². The maximum atomic E-state index is 6.53. The Balaban J connectivity index is 1.59. The van der Waals surface area contributed by atoms with Gasteiger partial charge in [-0.1, -0.05) is 44.4 Å². The molecule has 1 aliphatic carbocycles. The topological polar surface area (TPSA) is 27.7 Å². The SMILES string of the molecule is CC1(C)OB(C[C@@]2(C)C[C@H](C3CCCCC3)Oc3ccccc32)OC1(C)C. The molecule has 1 aromatic rings. The molecule has 0 N–H and O–H groups in total. The Labute approximate surface area is 165 Å². The molecular formula is C23H35BO3. The van der Waals surface area contributed by atoms with E-state index in [2.05, 4.69) is 58.9 Å². The quantitative estimate of drug-likeness (QED) is 0.633. The van der Waals surface area contributed by atoms with E-state index in [1.165, 1.54) is 37.7 Å². The largest absolute Gasteiger partial charge is 0.490 e. The van der Waals surface area contributed by atoms with Crippen LogP contribution in [0.25, 0.3) is 0 Å². The zero-order chi connectivity index (χ0) is 19.3. The average molecular weight is 370 g/mol. The number of fused-ring (bicyclic) bond motifs is 1. The van der Waals surface area contributed by atoms with Crippen molar-refractivity contribution in [3.63, 3.8) is 0 Å². The van der Waals surface area contributed by atoms with E-state index in [1.807, 2.05) is 0 Å². The van der Waals surface area contributed by atoms with Gasteiger partial charge in [0.05, 0.1) is 11.2 Å². The summed E-state index contributed by atoms with van der Waals surface area (Å²) in [5.74, 6) is 1.75. The Morgan fingerprint density at radius 3 is 2.22 bits per heavy atom. The second-order valence-corrected chi connectivity index (χ2v) is 10.2. The number of para-hydroxylation sites is 1. The molecule has 2 fully saturated rings. The van der Waals surface area contributed by atoms with Crippen molar-refractivity contribution in [2.24, 2.45) is 5.92 Å². The summed E-state index contributed by atoms with van der Waals surface area (Å²) in [5, 5.41) is 0. The molecule has 2 heterocycles. The fourth-order valence-electron chi connectivity index (χ4n) is 5.21. The summed E-state index contributed by atoms with van der Waals surface area (Å²) >= 11 is 0. The molecule has 0 amide bonds. The van der Waals surface area contributed by atoms with Crippen LogP contribution in [0, 0.1) is 5.92 Å². The maximum Gasteiger partial charge on any atom is 0.458 e. The van der Waals surface area contributed by atoms with E-state index in [-0.39, 0.29) is 23.7 Å². The molecule has 0 radical (unpaired) electrons. The van der Waals surface area contributed by atoms with Gasteiger partial charge in [-0.2, -0.15) is 0 Å². The lowest BCUT2D eigenvalue weighted by molar-refractivity contribution is 0.00578. The molecule has 3 aliphatic rings. The molecule has 0 bridgehead atoms. The van der Waals surface area contributed by atoms with E-state index >= 15 is 0 Å². The fourth-order valence-corrected chi connectivity index (χ4v) is 5.21. The molecule has 1 aromatic carbocycles. The lowest BCUT2D eigenvalue weighted by Crippen LogP contribution is -2.43. The molecule has 1 saturated heterocycles. The fraction of sp³-hybridized carbons (Fsp3) is 0.739. The lowest BCUT2D eigenvalue weighted by Gasteiger charge is -2.44. The molecule has 2 atom stereocenters. The van der Waals surface area contributed by atoms with Gasteiger partial charge in [-0.15, -0.1) is 0 Å². The summed E-state index contributed by atoms with van der Waals surface area (Å²) in [6.45, 7) is 10.9. The van der Waals surface area contributed by atoms with Crippen LogP contribution >= 0.6 is 0 Å². The molecule has 0 aromatic heterocycles. The number of hydrogen-bond donors (Lipinski definition) is 0. The zero-order valence-electron chi connectivity index (χ0n) is 17.7. The maximum absolute atomic E-state index is 6.53. The predicted molar refractivity (Wildman–Crippen MR) is 110 cm³/mol. The van der Waals surface area contributed by atoms with Crippen LogP contribution < -0.4 is 4.74 Å². The minimum absolute atomic E-state index is 0.0120. The van der Waals surface area contributed by atoms with E-state index in [4.69, 9.17) is 14.0 Å². The van der Waals surface area contributed by atoms with Crippen molar-refractivity contribution < 1.29 is 14.0 Å². The standard InChI is InChI=1S/C23H35BO3/c1-21(2)22(3,4)27-24(26-21)16-23(5)15-20(17-11-7-6-8-12-17)25-19-14-10-9-13-18(19)23/h9-10,13-14,17,20H,6-8,11-12,15-16H2,1-5H3/t20-,23-/m1/s1. The van der Waals surface area contributed by atoms with Gasteiger partial charge in [0.1, 0.15) is 11.9 Å². The highest BCUT2D eigenvalue weighted by molar-refractivity contribution is 6.46. The highest BCUT2D eigenvalue weighted by Gasteiger charge is 2.54. The number of ether oxygens (including phenoxy) is 1. The van der Waals surface area contributed by atoms with E-state index in [0.717, 1.165) is 18.5 Å². The summed E-state index contributed by atoms with van der Waals surface area (Å²) in [4.78, 5) is 0.